The third kappa shape index (κ3) is 5.17. The topological polar surface area (TPSA) is 91.3 Å². The van der Waals surface area contributed by atoms with Gasteiger partial charge in [0.05, 0.1) is 26.7 Å². The van der Waals surface area contributed by atoms with Gasteiger partial charge < -0.3 is 24.1 Å². The summed E-state index contributed by atoms with van der Waals surface area (Å²) in [4.78, 5) is 26.3. The van der Waals surface area contributed by atoms with Gasteiger partial charge in [-0.05, 0) is 141 Å². The second kappa shape index (κ2) is 12.4. The van der Waals surface area contributed by atoms with Crippen LogP contribution in [-0.2, 0) is 14.3 Å². The molecule has 0 unspecified atom stereocenters. The molecule has 6 rings (SSSR count). The molecule has 0 aliphatic heterocycles. The summed E-state index contributed by atoms with van der Waals surface area (Å²) in [6, 6.07) is 3.63. The summed E-state index contributed by atoms with van der Waals surface area (Å²) in [5.41, 5.74) is 1.52. The fraction of sp³-hybridized carbons (Fsp3) is 0.714. The van der Waals surface area contributed by atoms with Gasteiger partial charge in [-0.1, -0.05) is 46.8 Å². The number of aliphatic carboxylic acids is 1. The van der Waals surface area contributed by atoms with Gasteiger partial charge >= 0.3 is 11.9 Å². The lowest BCUT2D eigenvalue weighted by Crippen LogP contribution is -2.67. The van der Waals surface area contributed by atoms with Gasteiger partial charge in [0.1, 0.15) is 6.10 Å². The van der Waals surface area contributed by atoms with Crippen molar-refractivity contribution in [2.45, 2.75) is 112 Å². The molecular formula is C42H60O7. The van der Waals surface area contributed by atoms with Crippen molar-refractivity contribution in [2.75, 3.05) is 21.3 Å². The van der Waals surface area contributed by atoms with E-state index in [0.29, 0.717) is 40.9 Å². The van der Waals surface area contributed by atoms with Gasteiger partial charge in [0.25, 0.3) is 0 Å². The average Bonchev–Trinajstić information content (AvgIpc) is 3.46. The molecule has 5 aliphatic carbocycles. The number of hydrogen-bond acceptors (Lipinski definition) is 6. The molecule has 5 aliphatic rings. The van der Waals surface area contributed by atoms with Crippen LogP contribution in [-0.4, -0.2) is 44.5 Å². The first-order valence-electron chi connectivity index (χ1n) is 18.6. The van der Waals surface area contributed by atoms with Crippen molar-refractivity contribution in [1.29, 1.82) is 0 Å². The Hall–Kier alpha value is -2.96. The summed E-state index contributed by atoms with van der Waals surface area (Å²) in [5, 5.41) is 10.7. The number of rotatable bonds is 8. The highest BCUT2D eigenvalue weighted by molar-refractivity contribution is 5.87. The van der Waals surface area contributed by atoms with Crippen molar-refractivity contribution in [1.82, 2.24) is 0 Å². The normalized spacial score (nSPS) is 40.7. The first kappa shape index (κ1) is 35.9. The van der Waals surface area contributed by atoms with Crippen LogP contribution in [0.5, 0.6) is 17.2 Å². The van der Waals surface area contributed by atoms with Gasteiger partial charge in [-0.25, -0.2) is 4.79 Å². The van der Waals surface area contributed by atoms with Gasteiger partial charge in [-0.2, -0.15) is 0 Å². The van der Waals surface area contributed by atoms with E-state index >= 15 is 0 Å². The number of carboxylic acids is 1. The number of esters is 1. The quantitative estimate of drug-likeness (QED) is 0.167. The van der Waals surface area contributed by atoms with E-state index in [-0.39, 0.29) is 39.7 Å². The number of ether oxygens (including phenoxy) is 4. The Labute approximate surface area is 294 Å². The molecule has 10 atom stereocenters. The summed E-state index contributed by atoms with van der Waals surface area (Å²) in [6.45, 7) is 18.8. The number of methoxy groups -OCH3 is 3. The van der Waals surface area contributed by atoms with Crippen LogP contribution < -0.4 is 14.2 Å². The van der Waals surface area contributed by atoms with E-state index in [0.717, 1.165) is 69.8 Å². The van der Waals surface area contributed by atoms with Gasteiger partial charge in [0.2, 0.25) is 5.75 Å². The van der Waals surface area contributed by atoms with Crippen LogP contribution in [0.2, 0.25) is 0 Å². The fourth-order valence-electron chi connectivity index (χ4n) is 13.2. The summed E-state index contributed by atoms with van der Waals surface area (Å²) in [7, 11) is 4.72. The number of carbonyl (C=O) groups is 2. The van der Waals surface area contributed by atoms with Gasteiger partial charge in [-0.3, -0.25) is 4.79 Å². The molecule has 0 saturated heterocycles. The molecule has 0 spiro atoms. The number of carbonyl (C=O) groups excluding carboxylic acids is 1. The SMILES string of the molecule is C=C(C)[C@@H]1CC[C@]2(C(=O)O)CC[C@]3(C)[C@H](CC[C@@H]4[C@@]5(C)CC[C@H](OC(=O)/C=C/c6cc(OC)c(OC)c(OC)c6)C(C)(C)[C@@H]5CC[C@]43C)[C@@H]12. The third-order valence-electron chi connectivity index (χ3n) is 15.8. The van der Waals surface area contributed by atoms with E-state index in [1.807, 2.05) is 12.1 Å². The number of allylic oxidation sites excluding steroid dienone is 1. The van der Waals surface area contributed by atoms with Crippen LogP contribution in [0.3, 0.4) is 0 Å². The standard InChI is InChI=1S/C42H60O7/c1-25(2)27-15-20-42(37(44)45)22-21-40(6)28(35(27)42)12-13-32-39(5)18-17-33(38(3,4)31(39)16-19-41(32,40)7)49-34(43)14-11-26-23-29(46-8)36(48-10)30(24-26)47-9/h11,14,23-24,27-28,31-33,35H,1,12-13,15-22H2,2-10H3,(H,44,45)/b14-11+/t27-,28+,31-,32+,33-,35+,39-,40+,41+,42-/m0/s1. The Bertz CT molecular complexity index is 1500. The highest BCUT2D eigenvalue weighted by Crippen LogP contribution is 2.77. The molecule has 1 N–H and O–H groups in total. The van der Waals surface area contributed by atoms with Crippen LogP contribution in [0.15, 0.2) is 30.4 Å². The van der Waals surface area contributed by atoms with Crippen LogP contribution in [0.25, 0.3) is 6.08 Å². The number of fused-ring (bicyclic) bond motifs is 7. The predicted molar refractivity (Wildman–Crippen MR) is 192 cm³/mol. The predicted octanol–water partition coefficient (Wildman–Crippen LogP) is 9.38. The molecule has 1 aromatic rings. The Morgan fingerprint density at radius 3 is 2.08 bits per heavy atom. The lowest BCUT2D eigenvalue weighted by molar-refractivity contribution is -0.250. The number of carboxylic acid groups (broad SMARTS) is 1. The Balaban J connectivity index is 1.22. The maximum absolute atomic E-state index is 13.3. The minimum Gasteiger partial charge on any atom is -0.493 e. The van der Waals surface area contributed by atoms with Gasteiger partial charge in [0, 0.05) is 11.5 Å². The second-order valence-corrected chi connectivity index (χ2v) is 17.7. The Morgan fingerprint density at radius 2 is 1.49 bits per heavy atom. The molecule has 7 nitrogen and oxygen atoms in total. The smallest absolute Gasteiger partial charge is 0.331 e. The largest absolute Gasteiger partial charge is 0.493 e. The summed E-state index contributed by atoms with van der Waals surface area (Å²) < 4.78 is 22.7. The van der Waals surface area contributed by atoms with E-state index in [1.54, 1.807) is 27.4 Å². The monoisotopic (exact) mass is 676 g/mol. The van der Waals surface area contributed by atoms with Crippen LogP contribution in [0.1, 0.15) is 111 Å². The summed E-state index contributed by atoms with van der Waals surface area (Å²) in [5.74, 6) is 2.55. The zero-order valence-electron chi connectivity index (χ0n) is 31.4. The average molecular weight is 677 g/mol. The van der Waals surface area contributed by atoms with Crippen LogP contribution in [0.4, 0.5) is 0 Å². The Kier molecular flexibility index (Phi) is 9.05. The van der Waals surface area contributed by atoms with Gasteiger partial charge in [0.15, 0.2) is 11.5 Å². The van der Waals surface area contributed by atoms with E-state index < -0.39 is 11.4 Å². The van der Waals surface area contributed by atoms with E-state index in [4.69, 9.17) is 18.9 Å². The number of benzene rings is 1. The van der Waals surface area contributed by atoms with Crippen molar-refractivity contribution in [3.05, 3.63) is 35.9 Å². The van der Waals surface area contributed by atoms with Crippen LogP contribution >= 0.6 is 0 Å². The molecule has 270 valence electrons. The van der Waals surface area contributed by atoms with Crippen LogP contribution in [0, 0.1) is 56.7 Å². The highest BCUT2D eigenvalue weighted by Gasteiger charge is 2.72. The molecule has 49 heavy (non-hydrogen) atoms. The third-order valence-corrected chi connectivity index (χ3v) is 15.8. The minimum atomic E-state index is -0.595. The molecular weight excluding hydrogens is 616 g/mol. The number of hydrogen-bond donors (Lipinski definition) is 1. The Morgan fingerprint density at radius 1 is 0.816 bits per heavy atom. The minimum absolute atomic E-state index is 0.0939. The second-order valence-electron chi connectivity index (χ2n) is 17.7. The molecule has 5 saturated carbocycles. The first-order chi connectivity index (χ1) is 23.0. The van der Waals surface area contributed by atoms with Crippen molar-refractivity contribution < 1.29 is 33.6 Å². The lowest BCUT2D eigenvalue weighted by Gasteiger charge is -2.72. The first-order valence-corrected chi connectivity index (χ1v) is 18.6. The van der Waals surface area contributed by atoms with E-state index in [1.165, 1.54) is 11.6 Å². The molecule has 0 bridgehead atoms. The van der Waals surface area contributed by atoms with E-state index in [9.17, 15) is 14.7 Å². The zero-order chi connectivity index (χ0) is 35.7. The maximum atomic E-state index is 13.3. The lowest BCUT2D eigenvalue weighted by atomic mass is 9.32. The van der Waals surface area contributed by atoms with Crippen molar-refractivity contribution in [3.8, 4) is 17.2 Å². The molecule has 7 heteroatoms. The van der Waals surface area contributed by atoms with Crippen molar-refractivity contribution in [2.24, 2.45) is 56.7 Å². The summed E-state index contributed by atoms with van der Waals surface area (Å²) in [6.07, 6.45) is 13.0. The van der Waals surface area contributed by atoms with E-state index in [2.05, 4.69) is 48.1 Å². The van der Waals surface area contributed by atoms with Crippen molar-refractivity contribution in [3.63, 3.8) is 0 Å². The summed E-state index contributed by atoms with van der Waals surface area (Å²) >= 11 is 0. The molecule has 5 fully saturated rings. The van der Waals surface area contributed by atoms with Crippen molar-refractivity contribution >= 4 is 18.0 Å². The van der Waals surface area contributed by atoms with Gasteiger partial charge in [-0.15, -0.1) is 0 Å². The molecule has 1 aromatic carbocycles. The molecule has 0 amide bonds. The fourth-order valence-corrected chi connectivity index (χ4v) is 13.2. The highest BCUT2D eigenvalue weighted by atomic mass is 16.5. The molecule has 0 heterocycles. The molecule has 0 radical (unpaired) electrons. The molecule has 0 aromatic heterocycles. The zero-order valence-corrected chi connectivity index (χ0v) is 31.4. The maximum Gasteiger partial charge on any atom is 0.331 e.